The molecule has 0 radical (unpaired) electrons. The number of aryl methyl sites for hydroxylation is 1. The van der Waals surface area contributed by atoms with E-state index >= 15 is 0 Å². The highest BCUT2D eigenvalue weighted by atomic mass is 15.3. The van der Waals surface area contributed by atoms with Gasteiger partial charge < -0.3 is 10.6 Å². The number of hydrogen-bond acceptors (Lipinski definition) is 3. The summed E-state index contributed by atoms with van der Waals surface area (Å²) in [6, 6.07) is 0.461. The fourth-order valence-electron chi connectivity index (χ4n) is 2.09. The van der Waals surface area contributed by atoms with Gasteiger partial charge in [-0.2, -0.15) is 5.10 Å². The van der Waals surface area contributed by atoms with Gasteiger partial charge in [-0.1, -0.05) is 0 Å². The highest BCUT2D eigenvalue weighted by Gasteiger charge is 2.21. The molecule has 1 unspecified atom stereocenters. The third-order valence-corrected chi connectivity index (χ3v) is 2.97. The fraction of sp³-hybridized carbons (Fsp3) is 0.700. The van der Waals surface area contributed by atoms with Crippen LogP contribution in [0.4, 0.5) is 5.82 Å². The van der Waals surface area contributed by atoms with Crippen molar-refractivity contribution in [3.8, 4) is 0 Å². The lowest BCUT2D eigenvalue weighted by atomic mass is 10.1. The summed E-state index contributed by atoms with van der Waals surface area (Å²) in [7, 11) is 2.15. The molecule has 14 heavy (non-hydrogen) atoms. The zero-order chi connectivity index (χ0) is 10.1. The highest BCUT2D eigenvalue weighted by Crippen LogP contribution is 2.23. The zero-order valence-corrected chi connectivity index (χ0v) is 8.90. The van der Waals surface area contributed by atoms with Crippen molar-refractivity contribution in [2.24, 2.45) is 0 Å². The van der Waals surface area contributed by atoms with Crippen LogP contribution >= 0.6 is 0 Å². The Balaban J connectivity index is 2.18. The molecule has 1 fully saturated rings. The van der Waals surface area contributed by atoms with Gasteiger partial charge in [0.2, 0.25) is 0 Å². The van der Waals surface area contributed by atoms with Crippen molar-refractivity contribution < 1.29 is 0 Å². The molecule has 0 aliphatic carbocycles. The van der Waals surface area contributed by atoms with Crippen LogP contribution in [-0.4, -0.2) is 34.8 Å². The Kier molecular flexibility index (Phi) is 2.46. The van der Waals surface area contributed by atoms with E-state index in [-0.39, 0.29) is 0 Å². The molecule has 1 atom stereocenters. The van der Waals surface area contributed by atoms with Crippen LogP contribution < -0.4 is 5.73 Å². The molecule has 0 spiro atoms. The second kappa shape index (κ2) is 3.61. The van der Waals surface area contributed by atoms with Gasteiger partial charge in [0.25, 0.3) is 0 Å². The summed E-state index contributed by atoms with van der Waals surface area (Å²) in [4.78, 5) is 2.34. The van der Waals surface area contributed by atoms with Gasteiger partial charge in [-0.25, -0.2) is 4.68 Å². The molecule has 0 amide bonds. The second-order valence-corrected chi connectivity index (χ2v) is 4.22. The molecule has 78 valence electrons. The quantitative estimate of drug-likeness (QED) is 0.726. The van der Waals surface area contributed by atoms with Crippen LogP contribution in [0.3, 0.4) is 0 Å². The van der Waals surface area contributed by atoms with Crippen molar-refractivity contribution >= 4 is 5.82 Å². The van der Waals surface area contributed by atoms with Crippen LogP contribution in [0.2, 0.25) is 0 Å². The van der Waals surface area contributed by atoms with E-state index in [9.17, 15) is 0 Å². The number of likely N-dealkylation sites (tertiary alicyclic amines) is 1. The molecule has 0 aromatic carbocycles. The number of hydrogen-bond donors (Lipinski definition) is 1. The summed E-state index contributed by atoms with van der Waals surface area (Å²) in [5.41, 5.74) is 7.04. The molecule has 0 saturated carbocycles. The van der Waals surface area contributed by atoms with Crippen LogP contribution in [0.25, 0.3) is 0 Å². The molecule has 0 bridgehead atoms. The van der Waals surface area contributed by atoms with Crippen molar-refractivity contribution in [1.29, 1.82) is 0 Å². The normalized spacial score (nSPS) is 24.0. The Morgan fingerprint density at radius 3 is 2.93 bits per heavy atom. The number of aromatic nitrogens is 2. The Morgan fingerprint density at radius 2 is 2.36 bits per heavy atom. The van der Waals surface area contributed by atoms with Gasteiger partial charge in [0.15, 0.2) is 0 Å². The van der Waals surface area contributed by atoms with Gasteiger partial charge in [-0.05, 0) is 33.4 Å². The molecular formula is C10H18N4. The van der Waals surface area contributed by atoms with E-state index in [1.807, 2.05) is 17.8 Å². The molecular weight excluding hydrogens is 176 g/mol. The van der Waals surface area contributed by atoms with E-state index in [2.05, 4.69) is 17.0 Å². The van der Waals surface area contributed by atoms with Crippen LogP contribution in [0, 0.1) is 6.92 Å². The first-order chi connectivity index (χ1) is 6.68. The minimum Gasteiger partial charge on any atom is -0.384 e. The first-order valence-electron chi connectivity index (χ1n) is 5.16. The maximum Gasteiger partial charge on any atom is 0.124 e. The smallest absolute Gasteiger partial charge is 0.124 e. The fourth-order valence-corrected chi connectivity index (χ4v) is 2.09. The van der Waals surface area contributed by atoms with Gasteiger partial charge in [0.05, 0.1) is 12.2 Å². The van der Waals surface area contributed by atoms with E-state index in [1.165, 1.54) is 19.4 Å². The molecule has 2 rings (SSSR count). The predicted octanol–water partition coefficient (Wildman–Crippen LogP) is 1.04. The molecule has 1 aliphatic heterocycles. The number of rotatable bonds is 1. The minimum absolute atomic E-state index is 0.461. The average molecular weight is 194 g/mol. The van der Waals surface area contributed by atoms with Crippen molar-refractivity contribution in [3.63, 3.8) is 0 Å². The largest absolute Gasteiger partial charge is 0.384 e. The lowest BCUT2D eigenvalue weighted by molar-refractivity contribution is 0.204. The second-order valence-electron chi connectivity index (χ2n) is 4.22. The molecule has 1 aromatic rings. The third-order valence-electron chi connectivity index (χ3n) is 2.97. The van der Waals surface area contributed by atoms with Crippen molar-refractivity contribution in [2.75, 3.05) is 25.9 Å². The van der Waals surface area contributed by atoms with Gasteiger partial charge in [0, 0.05) is 12.1 Å². The van der Waals surface area contributed by atoms with Crippen LogP contribution in [0.15, 0.2) is 6.20 Å². The number of likely N-dealkylation sites (N-methyl/N-ethyl adjacent to an activating group) is 1. The van der Waals surface area contributed by atoms with Gasteiger partial charge in [0.1, 0.15) is 5.82 Å². The van der Waals surface area contributed by atoms with Crippen molar-refractivity contribution in [1.82, 2.24) is 14.7 Å². The van der Waals surface area contributed by atoms with Gasteiger partial charge in [-0.3, -0.25) is 0 Å². The zero-order valence-electron chi connectivity index (χ0n) is 8.90. The van der Waals surface area contributed by atoms with E-state index < -0.39 is 0 Å². The Hall–Kier alpha value is -1.03. The van der Waals surface area contributed by atoms with E-state index in [0.29, 0.717) is 6.04 Å². The molecule has 1 aromatic heterocycles. The minimum atomic E-state index is 0.461. The van der Waals surface area contributed by atoms with E-state index in [0.717, 1.165) is 17.9 Å². The van der Waals surface area contributed by atoms with Gasteiger partial charge in [-0.15, -0.1) is 0 Å². The maximum atomic E-state index is 5.96. The van der Waals surface area contributed by atoms with Gasteiger partial charge >= 0.3 is 0 Å². The summed E-state index contributed by atoms with van der Waals surface area (Å²) >= 11 is 0. The Labute approximate surface area is 84.7 Å². The molecule has 1 aliphatic rings. The lowest BCUT2D eigenvalue weighted by Crippen LogP contribution is -2.34. The SMILES string of the molecule is Cc1cnn(C2CCCN(C)C2)c1N. The van der Waals surface area contributed by atoms with E-state index in [1.54, 1.807) is 0 Å². The van der Waals surface area contributed by atoms with Crippen LogP contribution in [-0.2, 0) is 0 Å². The monoisotopic (exact) mass is 194 g/mol. The number of nitrogens with two attached hydrogens (primary N) is 1. The highest BCUT2D eigenvalue weighted by molar-refractivity contribution is 5.37. The summed E-state index contributed by atoms with van der Waals surface area (Å²) in [5, 5.41) is 4.34. The number of nitrogens with zero attached hydrogens (tertiary/aromatic N) is 3. The molecule has 4 nitrogen and oxygen atoms in total. The summed E-state index contributed by atoms with van der Waals surface area (Å²) < 4.78 is 1.98. The standard InChI is InChI=1S/C10H18N4/c1-8-6-12-14(10(8)11)9-4-3-5-13(2)7-9/h6,9H,3-5,7,11H2,1-2H3. The first kappa shape index (κ1) is 9.52. The molecule has 1 saturated heterocycles. The number of piperidine rings is 1. The van der Waals surface area contributed by atoms with Crippen LogP contribution in [0.1, 0.15) is 24.4 Å². The van der Waals surface area contributed by atoms with Crippen LogP contribution in [0.5, 0.6) is 0 Å². The molecule has 2 N–H and O–H groups in total. The first-order valence-corrected chi connectivity index (χ1v) is 5.16. The topological polar surface area (TPSA) is 47.1 Å². The number of nitrogen functional groups attached to an aromatic ring is 1. The lowest BCUT2D eigenvalue weighted by Gasteiger charge is -2.30. The average Bonchev–Trinajstić information content (AvgIpc) is 2.48. The molecule has 2 heterocycles. The summed E-state index contributed by atoms with van der Waals surface area (Å²) in [6.07, 6.45) is 4.28. The number of anilines is 1. The summed E-state index contributed by atoms with van der Waals surface area (Å²) in [5.74, 6) is 0.824. The molecule has 4 heteroatoms. The van der Waals surface area contributed by atoms with Crippen molar-refractivity contribution in [2.45, 2.75) is 25.8 Å². The maximum absolute atomic E-state index is 5.96. The summed E-state index contributed by atoms with van der Waals surface area (Å²) in [6.45, 7) is 4.26. The predicted molar refractivity (Wildman–Crippen MR) is 57.1 cm³/mol. The Morgan fingerprint density at radius 1 is 1.57 bits per heavy atom. The Bertz CT molecular complexity index is 318. The van der Waals surface area contributed by atoms with E-state index in [4.69, 9.17) is 5.73 Å². The van der Waals surface area contributed by atoms with Crippen molar-refractivity contribution in [3.05, 3.63) is 11.8 Å². The third kappa shape index (κ3) is 1.62.